The molecular formula is C23H26N6OS. The number of likely N-dealkylation sites (tertiary alicyclic amines) is 1. The number of aryl methyl sites for hydroxylation is 3. The maximum Gasteiger partial charge on any atom is 0.328 e. The normalized spacial score (nSPS) is 16.9. The minimum atomic E-state index is 0.00939. The number of anilines is 2. The van der Waals surface area contributed by atoms with Gasteiger partial charge in [0.05, 0.1) is 22.8 Å². The van der Waals surface area contributed by atoms with Crippen LogP contribution >= 0.6 is 11.3 Å². The second kappa shape index (κ2) is 7.94. The quantitative estimate of drug-likeness (QED) is 0.512. The van der Waals surface area contributed by atoms with Crippen molar-refractivity contribution in [3.63, 3.8) is 0 Å². The first-order valence-electron chi connectivity index (χ1n) is 10.5. The summed E-state index contributed by atoms with van der Waals surface area (Å²) in [6.07, 6.45) is 4.12. The predicted molar refractivity (Wildman–Crippen MR) is 125 cm³/mol. The maximum atomic E-state index is 12.2. The number of nitrogens with zero attached hydrogens (tertiary/aromatic N) is 5. The molecule has 1 aliphatic rings. The van der Waals surface area contributed by atoms with Gasteiger partial charge in [-0.1, -0.05) is 12.1 Å². The van der Waals surface area contributed by atoms with Gasteiger partial charge in [-0.25, -0.2) is 14.8 Å². The molecule has 8 heteroatoms. The van der Waals surface area contributed by atoms with Crippen LogP contribution in [-0.4, -0.2) is 30.5 Å². The third-order valence-corrected chi connectivity index (χ3v) is 6.88. The van der Waals surface area contributed by atoms with E-state index in [-0.39, 0.29) is 11.7 Å². The summed E-state index contributed by atoms with van der Waals surface area (Å²) in [6, 6.07) is 12.8. The minimum absolute atomic E-state index is 0.00939. The van der Waals surface area contributed by atoms with Crippen molar-refractivity contribution in [2.24, 2.45) is 14.1 Å². The van der Waals surface area contributed by atoms with Gasteiger partial charge in [0.2, 0.25) is 0 Å². The first-order chi connectivity index (χ1) is 15.0. The Kier molecular flexibility index (Phi) is 5.11. The number of hydrogen-bond donors (Lipinski definition) is 1. The summed E-state index contributed by atoms with van der Waals surface area (Å²) >= 11 is 1.63. The Balaban J connectivity index is 1.38. The Morgan fingerprint density at radius 2 is 2.00 bits per heavy atom. The van der Waals surface area contributed by atoms with Gasteiger partial charge in [0.25, 0.3) is 0 Å². The average molecular weight is 435 g/mol. The zero-order valence-corrected chi connectivity index (χ0v) is 18.8. The van der Waals surface area contributed by atoms with Crippen LogP contribution in [0.2, 0.25) is 0 Å². The fraction of sp³-hybridized carbons (Fsp3) is 0.348. The van der Waals surface area contributed by atoms with E-state index in [1.807, 2.05) is 33.3 Å². The maximum absolute atomic E-state index is 12.2. The van der Waals surface area contributed by atoms with Crippen LogP contribution < -0.4 is 11.0 Å². The number of imidazole rings is 1. The zero-order chi connectivity index (χ0) is 21.5. The standard InChI is InChI=1S/C23H26N6OS/c1-15-13-24-22(31-15)26-21-8-4-6-17(25-21)18-7-5-11-29(18)14-16-9-10-19-20(12-16)28(3)23(30)27(19)2/h4,6,8-10,12-13,18H,5,7,11,14H2,1-3H3,(H,24,25,26). The van der Waals surface area contributed by atoms with Gasteiger partial charge in [0.1, 0.15) is 5.82 Å². The van der Waals surface area contributed by atoms with Gasteiger partial charge in [-0.05, 0) is 56.1 Å². The summed E-state index contributed by atoms with van der Waals surface area (Å²) < 4.78 is 3.42. The summed E-state index contributed by atoms with van der Waals surface area (Å²) in [5.41, 5.74) is 4.25. The molecule has 0 radical (unpaired) electrons. The van der Waals surface area contributed by atoms with E-state index in [2.05, 4.69) is 45.5 Å². The fourth-order valence-electron chi connectivity index (χ4n) is 4.46. The molecule has 1 aliphatic heterocycles. The first-order valence-corrected chi connectivity index (χ1v) is 11.4. The van der Waals surface area contributed by atoms with E-state index < -0.39 is 0 Å². The number of pyridine rings is 1. The molecule has 0 aliphatic carbocycles. The molecule has 1 unspecified atom stereocenters. The molecule has 1 aromatic carbocycles. The van der Waals surface area contributed by atoms with Gasteiger partial charge in [0.15, 0.2) is 5.13 Å². The molecule has 1 N–H and O–H groups in total. The second-order valence-corrected chi connectivity index (χ2v) is 9.44. The Morgan fingerprint density at radius 1 is 1.16 bits per heavy atom. The number of hydrogen-bond acceptors (Lipinski definition) is 6. The van der Waals surface area contributed by atoms with Crippen molar-refractivity contribution in [2.75, 3.05) is 11.9 Å². The molecule has 5 rings (SSSR count). The van der Waals surface area contributed by atoms with E-state index in [0.29, 0.717) is 0 Å². The number of rotatable bonds is 5. The van der Waals surface area contributed by atoms with E-state index >= 15 is 0 Å². The molecule has 0 amide bonds. The number of nitrogens with one attached hydrogen (secondary N) is 1. The SMILES string of the molecule is Cc1cnc(Nc2cccc(C3CCCN3Cc3ccc4c(c3)n(C)c(=O)n4C)n2)s1. The molecule has 4 heterocycles. The largest absolute Gasteiger partial charge is 0.328 e. The van der Waals surface area contributed by atoms with Crippen molar-refractivity contribution in [2.45, 2.75) is 32.4 Å². The molecule has 1 saturated heterocycles. The van der Waals surface area contributed by atoms with Gasteiger partial charge < -0.3 is 5.32 Å². The Bertz CT molecular complexity index is 1300. The number of benzene rings is 1. The summed E-state index contributed by atoms with van der Waals surface area (Å²) in [4.78, 5) is 25.2. The van der Waals surface area contributed by atoms with Crippen molar-refractivity contribution >= 4 is 33.3 Å². The summed E-state index contributed by atoms with van der Waals surface area (Å²) in [7, 11) is 3.65. The lowest BCUT2D eigenvalue weighted by molar-refractivity contribution is 0.244. The molecule has 0 spiro atoms. The highest BCUT2D eigenvalue weighted by Crippen LogP contribution is 2.33. The van der Waals surface area contributed by atoms with Crippen LogP contribution in [0.3, 0.4) is 0 Å². The monoisotopic (exact) mass is 434 g/mol. The van der Waals surface area contributed by atoms with Crippen LogP contribution in [0.25, 0.3) is 11.0 Å². The smallest absolute Gasteiger partial charge is 0.316 e. The third-order valence-electron chi connectivity index (χ3n) is 6.05. The second-order valence-electron chi connectivity index (χ2n) is 8.20. The molecule has 4 aromatic rings. The fourth-order valence-corrected chi connectivity index (χ4v) is 5.14. The van der Waals surface area contributed by atoms with Crippen LogP contribution in [0.15, 0.2) is 47.4 Å². The van der Waals surface area contributed by atoms with E-state index in [1.54, 1.807) is 20.5 Å². The molecule has 31 heavy (non-hydrogen) atoms. The average Bonchev–Trinajstić information content (AvgIpc) is 3.45. The minimum Gasteiger partial charge on any atom is -0.316 e. The number of fused-ring (bicyclic) bond motifs is 1. The van der Waals surface area contributed by atoms with Gasteiger partial charge in [-0.3, -0.25) is 14.0 Å². The van der Waals surface area contributed by atoms with Crippen LogP contribution in [0.5, 0.6) is 0 Å². The molecule has 1 fully saturated rings. The highest BCUT2D eigenvalue weighted by Gasteiger charge is 2.27. The van der Waals surface area contributed by atoms with Crippen LogP contribution in [0.4, 0.5) is 10.9 Å². The lowest BCUT2D eigenvalue weighted by Crippen LogP contribution is -2.23. The van der Waals surface area contributed by atoms with Crippen LogP contribution in [-0.2, 0) is 20.6 Å². The molecule has 7 nitrogen and oxygen atoms in total. The van der Waals surface area contributed by atoms with Crippen molar-refractivity contribution in [3.8, 4) is 0 Å². The molecule has 160 valence electrons. The summed E-state index contributed by atoms with van der Waals surface area (Å²) in [6.45, 7) is 3.93. The molecule has 0 bridgehead atoms. The lowest BCUT2D eigenvalue weighted by atomic mass is 10.1. The lowest BCUT2D eigenvalue weighted by Gasteiger charge is -2.24. The van der Waals surface area contributed by atoms with Crippen molar-refractivity contribution in [1.29, 1.82) is 0 Å². The van der Waals surface area contributed by atoms with Crippen molar-refractivity contribution < 1.29 is 0 Å². The van der Waals surface area contributed by atoms with Crippen molar-refractivity contribution in [3.05, 3.63) is 69.2 Å². The number of thiazole rings is 1. The van der Waals surface area contributed by atoms with Crippen LogP contribution in [0, 0.1) is 6.92 Å². The van der Waals surface area contributed by atoms with E-state index in [4.69, 9.17) is 4.98 Å². The number of aromatic nitrogens is 4. The van der Waals surface area contributed by atoms with Gasteiger partial charge in [-0.2, -0.15) is 0 Å². The molecule has 3 aromatic heterocycles. The Labute approximate surface area is 185 Å². The molecule has 0 saturated carbocycles. The van der Waals surface area contributed by atoms with Crippen molar-refractivity contribution in [1.82, 2.24) is 24.0 Å². The highest BCUT2D eigenvalue weighted by atomic mass is 32.1. The zero-order valence-electron chi connectivity index (χ0n) is 18.0. The summed E-state index contributed by atoms with van der Waals surface area (Å²) in [5, 5.41) is 4.20. The Hall–Kier alpha value is -2.97. The van der Waals surface area contributed by atoms with E-state index in [0.717, 1.165) is 53.6 Å². The molecule has 1 atom stereocenters. The van der Waals surface area contributed by atoms with E-state index in [1.165, 1.54) is 10.4 Å². The Morgan fingerprint density at radius 3 is 2.81 bits per heavy atom. The van der Waals surface area contributed by atoms with Gasteiger partial charge in [-0.15, -0.1) is 11.3 Å². The summed E-state index contributed by atoms with van der Waals surface area (Å²) in [5.74, 6) is 0.833. The molecular weight excluding hydrogens is 408 g/mol. The predicted octanol–water partition coefficient (Wildman–Crippen LogP) is 4.12. The third kappa shape index (κ3) is 3.77. The van der Waals surface area contributed by atoms with Gasteiger partial charge >= 0.3 is 5.69 Å². The first kappa shape index (κ1) is 20.0. The van der Waals surface area contributed by atoms with Crippen LogP contribution in [0.1, 0.15) is 35.0 Å². The topological polar surface area (TPSA) is 68.0 Å². The van der Waals surface area contributed by atoms with E-state index in [9.17, 15) is 4.79 Å². The van der Waals surface area contributed by atoms with Gasteiger partial charge in [0, 0.05) is 31.7 Å². The highest BCUT2D eigenvalue weighted by molar-refractivity contribution is 7.15.